The number of rotatable bonds is 7. The zero-order valence-corrected chi connectivity index (χ0v) is 21.1. The molecule has 37 heavy (non-hydrogen) atoms. The summed E-state index contributed by atoms with van der Waals surface area (Å²) in [5.74, 6) is -6.75. The molecule has 0 aliphatic carbocycles. The molecule has 2 aliphatic rings. The van der Waals surface area contributed by atoms with Crippen LogP contribution in [0.2, 0.25) is 0 Å². The van der Waals surface area contributed by atoms with Gasteiger partial charge in [0.25, 0.3) is 0 Å². The smallest absolute Gasteiger partial charge is 0.461 e. The molecule has 0 saturated carbocycles. The summed E-state index contributed by atoms with van der Waals surface area (Å²) in [6.07, 6.45) is -4.31. The predicted molar refractivity (Wildman–Crippen MR) is 123 cm³/mol. The second kappa shape index (κ2) is 9.27. The third-order valence-electron chi connectivity index (χ3n) is 6.05. The number of hydrogen-bond donors (Lipinski definition) is 0. The summed E-state index contributed by atoms with van der Waals surface area (Å²) in [4.78, 5) is 12.7. The second-order valence-electron chi connectivity index (χ2n) is 9.36. The largest absolute Gasteiger partial charge is 0.461 e. The van der Waals surface area contributed by atoms with Crippen LogP contribution < -0.4 is 9.64 Å². The molecule has 0 radical (unpaired) electrons. The molecule has 0 amide bonds. The van der Waals surface area contributed by atoms with Gasteiger partial charge in [0.2, 0.25) is 5.82 Å². The molecule has 3 aromatic rings. The van der Waals surface area contributed by atoms with E-state index in [0.717, 1.165) is 27.7 Å². The molecule has 202 valence electrons. The summed E-state index contributed by atoms with van der Waals surface area (Å²) in [5.41, 5.74) is 0. The van der Waals surface area contributed by atoms with Crippen molar-refractivity contribution >= 4 is 27.4 Å². The second-order valence-corrected chi connectivity index (χ2v) is 10.5. The predicted octanol–water partition coefficient (Wildman–Crippen LogP) is 4.44. The van der Waals surface area contributed by atoms with E-state index >= 15 is 0 Å². The minimum atomic E-state index is -5.77. The van der Waals surface area contributed by atoms with E-state index in [0.29, 0.717) is 17.3 Å². The number of halogens is 5. The van der Waals surface area contributed by atoms with Crippen LogP contribution in [0.5, 0.6) is 6.01 Å². The SMILES string of the molecule is CCCc1cc2c(N3CCn4c(nnc4C(F)(F)C(F)(F)F)C3)nc(OCC3COC(C)(C)O3)nc2s1. The molecular weight excluding hydrogens is 523 g/mol. The summed E-state index contributed by atoms with van der Waals surface area (Å²) in [5, 5.41) is 7.58. The van der Waals surface area contributed by atoms with E-state index < -0.39 is 23.7 Å². The summed E-state index contributed by atoms with van der Waals surface area (Å²) in [6, 6.07) is 2.08. The first-order valence-corrected chi connectivity index (χ1v) is 12.6. The molecule has 5 rings (SSSR count). The first-order valence-electron chi connectivity index (χ1n) is 11.7. The lowest BCUT2D eigenvalue weighted by atomic mass is 10.2. The van der Waals surface area contributed by atoms with Crippen molar-refractivity contribution in [3.63, 3.8) is 0 Å². The zero-order chi connectivity index (χ0) is 26.6. The van der Waals surface area contributed by atoms with Crippen molar-refractivity contribution in [3.05, 3.63) is 22.6 Å². The Balaban J connectivity index is 1.44. The lowest BCUT2D eigenvalue weighted by Gasteiger charge is -2.30. The highest BCUT2D eigenvalue weighted by Gasteiger charge is 2.62. The average molecular weight is 549 g/mol. The summed E-state index contributed by atoms with van der Waals surface area (Å²) in [6.45, 7) is 6.07. The van der Waals surface area contributed by atoms with E-state index in [1.54, 1.807) is 18.7 Å². The standard InChI is InChI=1S/C22H25F5N6O3S/c1-4-5-13-8-14-16(28-19(29-17(14)37-13)34-10-12-11-35-20(2,3)36-12)32-6-7-33-15(9-32)30-31-18(33)21(23,24)22(25,26)27/h8,12H,4-7,9-11H2,1-3H3. The molecule has 0 spiro atoms. The molecule has 3 aromatic heterocycles. The van der Waals surface area contributed by atoms with Crippen molar-refractivity contribution in [2.75, 3.05) is 24.7 Å². The number of aromatic nitrogens is 5. The third kappa shape index (κ3) is 4.95. The monoisotopic (exact) mass is 548 g/mol. The van der Waals surface area contributed by atoms with Crippen LogP contribution in [0.3, 0.4) is 0 Å². The van der Waals surface area contributed by atoms with Gasteiger partial charge in [0.15, 0.2) is 11.6 Å². The maximum Gasteiger partial charge on any atom is 0.461 e. The number of nitrogens with zero attached hydrogens (tertiary/aromatic N) is 6. The number of ether oxygens (including phenoxy) is 3. The van der Waals surface area contributed by atoms with Crippen LogP contribution in [0.25, 0.3) is 10.2 Å². The van der Waals surface area contributed by atoms with Crippen molar-refractivity contribution in [2.24, 2.45) is 0 Å². The van der Waals surface area contributed by atoms with E-state index in [9.17, 15) is 22.0 Å². The topological polar surface area (TPSA) is 87.4 Å². The fourth-order valence-corrected chi connectivity index (χ4v) is 5.44. The maximum absolute atomic E-state index is 14.0. The Hall–Kier alpha value is -2.65. The van der Waals surface area contributed by atoms with E-state index in [4.69, 9.17) is 14.2 Å². The zero-order valence-electron chi connectivity index (χ0n) is 20.3. The van der Waals surface area contributed by atoms with E-state index in [1.807, 2.05) is 6.07 Å². The Kier molecular flexibility index (Phi) is 6.51. The Morgan fingerprint density at radius 3 is 2.62 bits per heavy atom. The van der Waals surface area contributed by atoms with Gasteiger partial charge in [-0.25, -0.2) is 0 Å². The highest BCUT2D eigenvalue weighted by atomic mass is 32.1. The van der Waals surface area contributed by atoms with Crippen LogP contribution in [0.4, 0.5) is 27.8 Å². The fraction of sp³-hybridized carbons (Fsp3) is 0.636. The summed E-state index contributed by atoms with van der Waals surface area (Å²) in [7, 11) is 0. The van der Waals surface area contributed by atoms with Gasteiger partial charge in [-0.05, 0) is 26.3 Å². The van der Waals surface area contributed by atoms with Crippen molar-refractivity contribution in [1.29, 1.82) is 0 Å². The number of anilines is 1. The van der Waals surface area contributed by atoms with Crippen LogP contribution in [-0.2, 0) is 34.9 Å². The molecule has 1 saturated heterocycles. The Bertz CT molecular complexity index is 1290. The van der Waals surface area contributed by atoms with Crippen molar-refractivity contribution in [1.82, 2.24) is 24.7 Å². The van der Waals surface area contributed by atoms with Gasteiger partial charge in [0.1, 0.15) is 23.4 Å². The quantitative estimate of drug-likeness (QED) is 0.401. The minimum absolute atomic E-state index is 0.0119. The van der Waals surface area contributed by atoms with Gasteiger partial charge in [-0.3, -0.25) is 0 Å². The van der Waals surface area contributed by atoms with Crippen molar-refractivity contribution in [3.8, 4) is 6.01 Å². The van der Waals surface area contributed by atoms with Crippen LogP contribution in [-0.4, -0.2) is 62.6 Å². The average Bonchev–Trinajstić information content (AvgIpc) is 3.52. The van der Waals surface area contributed by atoms with E-state index in [1.165, 1.54) is 11.3 Å². The van der Waals surface area contributed by atoms with Gasteiger partial charge in [0, 0.05) is 18.0 Å². The van der Waals surface area contributed by atoms with Gasteiger partial charge < -0.3 is 23.7 Å². The van der Waals surface area contributed by atoms with Crippen molar-refractivity contribution in [2.45, 2.75) is 70.7 Å². The highest BCUT2D eigenvalue weighted by molar-refractivity contribution is 7.18. The van der Waals surface area contributed by atoms with Gasteiger partial charge in [-0.1, -0.05) is 13.3 Å². The number of thiophene rings is 1. The van der Waals surface area contributed by atoms with Gasteiger partial charge in [-0.15, -0.1) is 21.5 Å². The lowest BCUT2D eigenvalue weighted by Crippen LogP contribution is -2.40. The van der Waals surface area contributed by atoms with Gasteiger partial charge in [0.05, 0.1) is 18.5 Å². The normalized spacial score (nSPS) is 20.0. The molecule has 1 fully saturated rings. The molecule has 9 nitrogen and oxygen atoms in total. The number of aryl methyl sites for hydroxylation is 1. The minimum Gasteiger partial charge on any atom is -0.461 e. The van der Waals surface area contributed by atoms with Crippen LogP contribution in [0, 0.1) is 0 Å². The Morgan fingerprint density at radius 1 is 1.16 bits per heavy atom. The first-order chi connectivity index (χ1) is 17.4. The number of alkyl halides is 5. The van der Waals surface area contributed by atoms with Gasteiger partial charge >= 0.3 is 18.1 Å². The Labute approximate surface area is 212 Å². The third-order valence-corrected chi connectivity index (χ3v) is 7.14. The molecule has 15 heteroatoms. The van der Waals surface area contributed by atoms with Crippen LogP contribution in [0.1, 0.15) is 43.7 Å². The molecule has 2 aliphatic heterocycles. The molecule has 5 heterocycles. The summed E-state index contributed by atoms with van der Waals surface area (Å²) >= 11 is 1.50. The number of hydrogen-bond acceptors (Lipinski definition) is 9. The summed E-state index contributed by atoms with van der Waals surface area (Å²) < 4.78 is 84.8. The van der Waals surface area contributed by atoms with E-state index in [2.05, 4.69) is 27.1 Å². The Morgan fingerprint density at radius 2 is 1.95 bits per heavy atom. The van der Waals surface area contributed by atoms with E-state index in [-0.39, 0.29) is 44.2 Å². The lowest BCUT2D eigenvalue weighted by molar-refractivity contribution is -0.293. The van der Waals surface area contributed by atoms with Crippen molar-refractivity contribution < 1.29 is 36.2 Å². The molecule has 1 unspecified atom stereocenters. The number of fused-ring (bicyclic) bond motifs is 2. The van der Waals surface area contributed by atoms with Gasteiger partial charge in [-0.2, -0.15) is 31.9 Å². The molecule has 0 aromatic carbocycles. The fourth-order valence-electron chi connectivity index (χ4n) is 4.32. The highest BCUT2D eigenvalue weighted by Crippen LogP contribution is 2.44. The molecule has 1 atom stereocenters. The van der Waals surface area contributed by atoms with Crippen LogP contribution in [0.15, 0.2) is 6.07 Å². The molecular formula is C22H25F5N6O3S. The molecule has 0 bridgehead atoms. The molecule has 0 N–H and O–H groups in total. The first kappa shape index (κ1) is 26.0. The van der Waals surface area contributed by atoms with Crippen LogP contribution >= 0.6 is 11.3 Å². The maximum atomic E-state index is 14.0.